The minimum absolute atomic E-state index is 0.0235. The van der Waals surface area contributed by atoms with E-state index in [-0.39, 0.29) is 6.61 Å². The van der Waals surface area contributed by atoms with Gasteiger partial charge in [-0.05, 0) is 27.7 Å². The Morgan fingerprint density at radius 2 is 2.06 bits per heavy atom. The summed E-state index contributed by atoms with van der Waals surface area (Å²) in [6.45, 7) is 7.76. The zero-order chi connectivity index (χ0) is 12.6. The van der Waals surface area contributed by atoms with Crippen molar-refractivity contribution in [2.75, 3.05) is 13.2 Å². The summed E-state index contributed by atoms with van der Waals surface area (Å²) in [5, 5.41) is 11.2. The zero-order valence-electron chi connectivity index (χ0n) is 10.4. The standard InChI is InChI=1S/C12H21NO3/c1-10(7-9-14)6-5-8-13-11(15)16-12(2,3)4/h5-7,14H,8-9H2,1-4H3,(H,13,15)/b6-5+,10-7+. The molecule has 0 aliphatic rings. The fraction of sp³-hybridized carbons (Fsp3) is 0.583. The molecule has 0 aromatic rings. The zero-order valence-corrected chi connectivity index (χ0v) is 10.4. The van der Waals surface area contributed by atoms with Crippen molar-refractivity contribution >= 4 is 6.09 Å². The van der Waals surface area contributed by atoms with Crippen LogP contribution in [0, 0.1) is 0 Å². The first-order valence-electron chi connectivity index (χ1n) is 5.26. The van der Waals surface area contributed by atoms with E-state index in [2.05, 4.69) is 5.32 Å². The summed E-state index contributed by atoms with van der Waals surface area (Å²) in [5.74, 6) is 0. The predicted molar refractivity (Wildman–Crippen MR) is 64.2 cm³/mol. The molecule has 0 aliphatic heterocycles. The number of allylic oxidation sites excluding steroid dienone is 2. The second-order valence-corrected chi connectivity index (χ2v) is 4.42. The largest absolute Gasteiger partial charge is 0.444 e. The lowest BCUT2D eigenvalue weighted by molar-refractivity contribution is 0.0534. The summed E-state index contributed by atoms with van der Waals surface area (Å²) in [7, 11) is 0. The van der Waals surface area contributed by atoms with Crippen LogP contribution in [0.2, 0.25) is 0 Å². The molecule has 0 unspecified atom stereocenters. The van der Waals surface area contributed by atoms with E-state index in [0.717, 1.165) is 5.57 Å². The van der Waals surface area contributed by atoms with E-state index in [1.54, 1.807) is 12.2 Å². The molecular weight excluding hydrogens is 206 g/mol. The second-order valence-electron chi connectivity index (χ2n) is 4.42. The average molecular weight is 227 g/mol. The Morgan fingerprint density at radius 3 is 2.56 bits per heavy atom. The van der Waals surface area contributed by atoms with Gasteiger partial charge in [0.15, 0.2) is 0 Å². The second kappa shape index (κ2) is 7.06. The monoisotopic (exact) mass is 227 g/mol. The normalized spacial score (nSPS) is 12.9. The van der Waals surface area contributed by atoms with Gasteiger partial charge in [-0.2, -0.15) is 0 Å². The van der Waals surface area contributed by atoms with Crippen molar-refractivity contribution in [3.8, 4) is 0 Å². The van der Waals surface area contributed by atoms with Gasteiger partial charge in [-0.1, -0.05) is 23.8 Å². The molecule has 0 bridgehead atoms. The number of ether oxygens (including phenoxy) is 1. The molecule has 0 rings (SSSR count). The highest BCUT2D eigenvalue weighted by Crippen LogP contribution is 2.06. The van der Waals surface area contributed by atoms with Crippen LogP contribution < -0.4 is 5.32 Å². The van der Waals surface area contributed by atoms with Gasteiger partial charge in [0.25, 0.3) is 0 Å². The molecule has 92 valence electrons. The summed E-state index contributed by atoms with van der Waals surface area (Å²) < 4.78 is 5.05. The molecule has 0 aliphatic carbocycles. The number of hydrogen-bond acceptors (Lipinski definition) is 3. The highest BCUT2D eigenvalue weighted by molar-refractivity contribution is 5.67. The van der Waals surface area contributed by atoms with E-state index in [1.165, 1.54) is 0 Å². The van der Waals surface area contributed by atoms with Crippen LogP contribution in [-0.2, 0) is 4.74 Å². The van der Waals surface area contributed by atoms with Gasteiger partial charge in [-0.15, -0.1) is 0 Å². The van der Waals surface area contributed by atoms with E-state index in [0.29, 0.717) is 6.54 Å². The molecule has 2 N–H and O–H groups in total. The van der Waals surface area contributed by atoms with Crippen molar-refractivity contribution in [1.29, 1.82) is 0 Å². The smallest absolute Gasteiger partial charge is 0.407 e. The van der Waals surface area contributed by atoms with Crippen molar-refractivity contribution in [3.63, 3.8) is 0 Å². The molecular formula is C12H21NO3. The van der Waals surface area contributed by atoms with E-state index < -0.39 is 11.7 Å². The van der Waals surface area contributed by atoms with Gasteiger partial charge in [-0.3, -0.25) is 0 Å². The van der Waals surface area contributed by atoms with Crippen LogP contribution in [0.1, 0.15) is 27.7 Å². The minimum atomic E-state index is -0.472. The summed E-state index contributed by atoms with van der Waals surface area (Å²) in [4.78, 5) is 11.2. The lowest BCUT2D eigenvalue weighted by Crippen LogP contribution is -2.32. The molecule has 16 heavy (non-hydrogen) atoms. The Hall–Kier alpha value is -1.29. The Bertz CT molecular complexity index is 274. The van der Waals surface area contributed by atoms with Gasteiger partial charge < -0.3 is 15.2 Å². The van der Waals surface area contributed by atoms with Crippen LogP contribution >= 0.6 is 0 Å². The van der Waals surface area contributed by atoms with Crippen molar-refractivity contribution in [3.05, 3.63) is 23.8 Å². The van der Waals surface area contributed by atoms with Crippen LogP contribution in [-0.4, -0.2) is 30.0 Å². The quantitative estimate of drug-likeness (QED) is 0.722. The van der Waals surface area contributed by atoms with Gasteiger partial charge in [0.1, 0.15) is 5.60 Å². The van der Waals surface area contributed by atoms with Crippen LogP contribution in [0.5, 0.6) is 0 Å². The molecule has 0 radical (unpaired) electrons. The maximum absolute atomic E-state index is 11.2. The third-order valence-corrected chi connectivity index (χ3v) is 1.56. The van der Waals surface area contributed by atoms with Gasteiger partial charge in [0, 0.05) is 6.54 Å². The number of amides is 1. The average Bonchev–Trinajstić information content (AvgIpc) is 2.10. The van der Waals surface area contributed by atoms with Crippen LogP contribution in [0.25, 0.3) is 0 Å². The van der Waals surface area contributed by atoms with Crippen LogP contribution in [0.3, 0.4) is 0 Å². The number of carbonyl (C=O) groups is 1. The molecule has 1 amide bonds. The first kappa shape index (κ1) is 14.7. The Balaban J connectivity index is 3.83. The predicted octanol–water partition coefficient (Wildman–Crippen LogP) is 2.01. The van der Waals surface area contributed by atoms with Crippen molar-refractivity contribution in [2.45, 2.75) is 33.3 Å². The summed E-state index contributed by atoms with van der Waals surface area (Å²) in [5.41, 5.74) is 0.481. The fourth-order valence-electron chi connectivity index (χ4n) is 0.913. The molecule has 0 aromatic heterocycles. The SMILES string of the molecule is CC(/C=C/CNC(=O)OC(C)(C)C)=C\CO. The summed E-state index contributed by atoms with van der Waals surface area (Å²) in [6.07, 6.45) is 4.88. The maximum atomic E-state index is 11.2. The van der Waals surface area contributed by atoms with Crippen LogP contribution in [0.4, 0.5) is 4.79 Å². The van der Waals surface area contributed by atoms with Crippen molar-refractivity contribution in [2.24, 2.45) is 0 Å². The maximum Gasteiger partial charge on any atom is 0.407 e. The van der Waals surface area contributed by atoms with Crippen molar-refractivity contribution < 1.29 is 14.6 Å². The first-order chi connectivity index (χ1) is 7.35. The van der Waals surface area contributed by atoms with Gasteiger partial charge in [-0.25, -0.2) is 4.79 Å². The molecule has 0 atom stereocenters. The molecule has 0 heterocycles. The van der Waals surface area contributed by atoms with E-state index in [1.807, 2.05) is 33.8 Å². The molecule has 0 saturated carbocycles. The van der Waals surface area contributed by atoms with Gasteiger partial charge in [0.05, 0.1) is 6.61 Å². The number of nitrogens with one attached hydrogen (secondary N) is 1. The van der Waals surface area contributed by atoms with E-state index >= 15 is 0 Å². The highest BCUT2D eigenvalue weighted by Gasteiger charge is 2.14. The lowest BCUT2D eigenvalue weighted by Gasteiger charge is -2.19. The highest BCUT2D eigenvalue weighted by atomic mass is 16.6. The summed E-state index contributed by atoms with van der Waals surface area (Å²) >= 11 is 0. The molecule has 4 heteroatoms. The third kappa shape index (κ3) is 9.27. The molecule has 0 saturated heterocycles. The third-order valence-electron chi connectivity index (χ3n) is 1.56. The molecule has 0 spiro atoms. The first-order valence-corrected chi connectivity index (χ1v) is 5.26. The van der Waals surface area contributed by atoms with Crippen LogP contribution in [0.15, 0.2) is 23.8 Å². The Labute approximate surface area is 97.0 Å². The van der Waals surface area contributed by atoms with Gasteiger partial charge >= 0.3 is 6.09 Å². The fourth-order valence-corrected chi connectivity index (χ4v) is 0.913. The van der Waals surface area contributed by atoms with Gasteiger partial charge in [0.2, 0.25) is 0 Å². The topological polar surface area (TPSA) is 58.6 Å². The summed E-state index contributed by atoms with van der Waals surface area (Å²) in [6, 6.07) is 0. The number of hydrogen-bond donors (Lipinski definition) is 2. The number of aliphatic hydroxyl groups is 1. The molecule has 0 fully saturated rings. The van der Waals surface area contributed by atoms with E-state index in [9.17, 15) is 4.79 Å². The molecule has 4 nitrogen and oxygen atoms in total. The number of alkyl carbamates (subject to hydrolysis) is 1. The Kier molecular flexibility index (Phi) is 6.49. The number of carbonyl (C=O) groups excluding carboxylic acids is 1. The minimum Gasteiger partial charge on any atom is -0.444 e. The Morgan fingerprint density at radius 1 is 1.44 bits per heavy atom. The molecule has 0 aromatic carbocycles. The number of aliphatic hydroxyl groups excluding tert-OH is 1. The van der Waals surface area contributed by atoms with Crippen molar-refractivity contribution in [1.82, 2.24) is 5.32 Å². The number of rotatable bonds is 4. The van der Waals surface area contributed by atoms with E-state index in [4.69, 9.17) is 9.84 Å². The lowest BCUT2D eigenvalue weighted by atomic mass is 10.2.